The van der Waals surface area contributed by atoms with Crippen molar-refractivity contribution in [3.05, 3.63) is 23.8 Å². The normalized spacial score (nSPS) is 20.1. The lowest BCUT2D eigenvalue weighted by Crippen LogP contribution is -2.55. The molecular weight excluding hydrogens is 650 g/mol. The fraction of sp³-hybridized carbons (Fsp3) is 0.795. The van der Waals surface area contributed by atoms with E-state index in [1.54, 1.807) is 44.9 Å². The largest absolute Gasteiger partial charge is 0.386 e. The number of ether oxygens (including phenoxy) is 2. The fourth-order valence-electron chi connectivity index (χ4n) is 7.35. The van der Waals surface area contributed by atoms with E-state index in [2.05, 4.69) is 10.6 Å². The fourth-order valence-corrected chi connectivity index (χ4v) is 7.35. The van der Waals surface area contributed by atoms with Crippen LogP contribution in [-0.4, -0.2) is 134 Å². The summed E-state index contributed by atoms with van der Waals surface area (Å²) in [6.07, 6.45) is 7.66. The van der Waals surface area contributed by atoms with Crippen molar-refractivity contribution in [2.75, 3.05) is 48.5 Å². The molecule has 294 valence electrons. The van der Waals surface area contributed by atoms with Gasteiger partial charge in [-0.15, -0.1) is 0 Å². The summed E-state index contributed by atoms with van der Waals surface area (Å²) in [4.78, 5) is 59.2. The minimum absolute atomic E-state index is 0.00453. The first-order chi connectivity index (χ1) is 24.0. The molecule has 12 heteroatoms. The van der Waals surface area contributed by atoms with Crippen LogP contribution in [-0.2, 0) is 28.7 Å². The highest BCUT2D eigenvalue weighted by Gasteiger charge is 2.42. The Hall–Kier alpha value is -2.80. The number of methoxy groups -OCH3 is 2. The van der Waals surface area contributed by atoms with E-state index in [0.29, 0.717) is 13.0 Å². The molecule has 1 rings (SSSR count). The molecule has 0 saturated carbocycles. The van der Waals surface area contributed by atoms with Crippen LogP contribution in [0.2, 0.25) is 0 Å². The van der Waals surface area contributed by atoms with E-state index >= 15 is 0 Å². The van der Waals surface area contributed by atoms with Crippen LogP contribution >= 0.6 is 0 Å². The number of likely N-dealkylation sites (N-methyl/N-ethyl adjacent to an activating group) is 2. The highest BCUT2D eigenvalue weighted by atomic mass is 16.5. The van der Waals surface area contributed by atoms with Gasteiger partial charge < -0.3 is 35.0 Å². The number of rotatable bonds is 22. The molecule has 1 saturated heterocycles. The van der Waals surface area contributed by atoms with Crippen LogP contribution in [0.25, 0.3) is 0 Å². The van der Waals surface area contributed by atoms with Crippen LogP contribution in [0.15, 0.2) is 23.8 Å². The minimum Gasteiger partial charge on any atom is -0.386 e. The summed E-state index contributed by atoms with van der Waals surface area (Å²) in [6, 6.07) is -1.64. The van der Waals surface area contributed by atoms with E-state index in [-0.39, 0.29) is 60.5 Å². The van der Waals surface area contributed by atoms with Gasteiger partial charge in [0.15, 0.2) is 0 Å². The molecule has 0 aliphatic carbocycles. The number of nitrogens with zero attached hydrogens (tertiary/aromatic N) is 3. The van der Waals surface area contributed by atoms with Gasteiger partial charge in [-0.2, -0.15) is 0 Å². The Kier molecular flexibility index (Phi) is 20.8. The molecule has 3 N–H and O–H groups in total. The predicted octanol–water partition coefficient (Wildman–Crippen LogP) is 3.78. The van der Waals surface area contributed by atoms with Gasteiger partial charge in [0.2, 0.25) is 23.6 Å². The molecule has 0 radical (unpaired) electrons. The van der Waals surface area contributed by atoms with Gasteiger partial charge in [-0.05, 0) is 64.1 Å². The summed E-state index contributed by atoms with van der Waals surface area (Å²) >= 11 is 0. The molecule has 1 heterocycles. The number of carbonyl (C=O) groups excluding carboxylic acids is 4. The van der Waals surface area contributed by atoms with Crippen LogP contribution in [0.4, 0.5) is 0 Å². The Morgan fingerprint density at radius 1 is 0.961 bits per heavy atom. The van der Waals surface area contributed by atoms with Crippen LogP contribution in [0.1, 0.15) is 93.9 Å². The lowest BCUT2D eigenvalue weighted by Gasteiger charge is -2.39. The average molecular weight is 722 g/mol. The van der Waals surface area contributed by atoms with E-state index in [9.17, 15) is 24.3 Å². The van der Waals surface area contributed by atoms with Gasteiger partial charge in [0, 0.05) is 27.8 Å². The molecule has 0 aromatic rings. The van der Waals surface area contributed by atoms with Crippen molar-refractivity contribution < 1.29 is 33.8 Å². The first-order valence-electron chi connectivity index (χ1n) is 18.9. The quantitative estimate of drug-likeness (QED) is 0.144. The molecule has 12 nitrogen and oxygen atoms in total. The second-order valence-corrected chi connectivity index (χ2v) is 14.7. The summed E-state index contributed by atoms with van der Waals surface area (Å²) in [6.45, 7) is 16.0. The summed E-state index contributed by atoms with van der Waals surface area (Å²) in [5.74, 6) is -1.38. The third-order valence-corrected chi connectivity index (χ3v) is 10.3. The van der Waals surface area contributed by atoms with Crippen molar-refractivity contribution in [2.45, 2.75) is 136 Å². The van der Waals surface area contributed by atoms with Gasteiger partial charge in [0.25, 0.3) is 0 Å². The summed E-state index contributed by atoms with van der Waals surface area (Å²) in [5.41, 5.74) is 0.764. The molecular formula is C39H71N5O7. The molecule has 0 aromatic heterocycles. The molecule has 9 atom stereocenters. The maximum Gasteiger partial charge on any atom is 0.242 e. The van der Waals surface area contributed by atoms with E-state index in [1.807, 2.05) is 78.8 Å². The van der Waals surface area contributed by atoms with E-state index in [1.165, 1.54) is 0 Å². The Bertz CT molecular complexity index is 1150. The first-order valence-corrected chi connectivity index (χ1v) is 18.9. The monoisotopic (exact) mass is 722 g/mol. The van der Waals surface area contributed by atoms with E-state index in [4.69, 9.17) is 9.47 Å². The summed E-state index contributed by atoms with van der Waals surface area (Å²) in [7, 11) is 8.50. The third-order valence-electron chi connectivity index (χ3n) is 10.3. The molecule has 1 fully saturated rings. The minimum atomic E-state index is -0.866. The van der Waals surface area contributed by atoms with Gasteiger partial charge >= 0.3 is 0 Å². The number of aliphatic hydroxyl groups is 1. The van der Waals surface area contributed by atoms with Gasteiger partial charge in [-0.25, -0.2) is 0 Å². The maximum atomic E-state index is 14.0. The first kappa shape index (κ1) is 46.2. The van der Waals surface area contributed by atoms with Gasteiger partial charge in [-0.3, -0.25) is 24.1 Å². The number of amides is 4. The van der Waals surface area contributed by atoms with Crippen molar-refractivity contribution >= 4 is 23.6 Å². The molecule has 1 aliphatic rings. The molecule has 0 aromatic carbocycles. The predicted molar refractivity (Wildman–Crippen MR) is 203 cm³/mol. The average Bonchev–Trinajstić information content (AvgIpc) is 3.57. The van der Waals surface area contributed by atoms with E-state index < -0.39 is 36.3 Å². The number of aliphatic hydroxyl groups excluding tert-OH is 1. The van der Waals surface area contributed by atoms with Crippen LogP contribution in [0, 0.1) is 17.8 Å². The third kappa shape index (κ3) is 13.3. The SMILES string of the molecule is CC/C=C\C(=C/CC)C(O)C(C)NC(=O)C(C)C(OC)C1CCCN1C(=O)CC(OC)C(C(C)CC)N(C)C(=O)CNC(=O)C(C(C)C)N(C)C. The number of carbonyl (C=O) groups is 4. The van der Waals surface area contributed by atoms with Crippen molar-refractivity contribution in [3.8, 4) is 0 Å². The van der Waals surface area contributed by atoms with Crippen LogP contribution < -0.4 is 10.6 Å². The molecule has 0 spiro atoms. The number of allylic oxidation sites excluding steroid dienone is 2. The molecule has 0 bridgehead atoms. The second-order valence-electron chi connectivity index (χ2n) is 14.7. The number of hydrogen-bond donors (Lipinski definition) is 3. The Labute approximate surface area is 308 Å². The van der Waals surface area contributed by atoms with Gasteiger partial charge in [0.1, 0.15) is 0 Å². The Morgan fingerprint density at radius 3 is 2.12 bits per heavy atom. The molecule has 9 unspecified atom stereocenters. The zero-order valence-electron chi connectivity index (χ0n) is 33.9. The lowest BCUT2D eigenvalue weighted by molar-refractivity contribution is -0.146. The van der Waals surface area contributed by atoms with E-state index in [0.717, 1.165) is 31.3 Å². The van der Waals surface area contributed by atoms with Crippen molar-refractivity contribution in [3.63, 3.8) is 0 Å². The lowest BCUT2D eigenvalue weighted by atomic mass is 9.90. The molecule has 51 heavy (non-hydrogen) atoms. The zero-order chi connectivity index (χ0) is 39.0. The van der Waals surface area contributed by atoms with Gasteiger partial charge in [-0.1, -0.05) is 73.1 Å². The highest BCUT2D eigenvalue weighted by molar-refractivity contribution is 5.87. The molecule has 4 amide bonds. The summed E-state index contributed by atoms with van der Waals surface area (Å²) in [5, 5.41) is 16.8. The highest BCUT2D eigenvalue weighted by Crippen LogP contribution is 2.29. The number of hydrogen-bond acceptors (Lipinski definition) is 8. The Balaban J connectivity index is 3.11. The standard InChI is InChI=1S/C39H71N5O7/c1-14-17-20-29(19-15-2)36(47)28(8)41-38(48)27(7)37(51-13)30-21-18-22-44(30)32(45)23-31(50-12)35(26(6)16-3)43(11)33(46)24-40-39(49)34(25(4)5)42(9)10/h17,19-20,25-28,30-31,34-37,47H,14-16,18,21-24H2,1-13H3,(H,40,49)(H,41,48)/b20-17-,29-19+. The Morgan fingerprint density at radius 2 is 1.61 bits per heavy atom. The topological polar surface area (TPSA) is 141 Å². The van der Waals surface area contributed by atoms with Crippen LogP contribution in [0.3, 0.4) is 0 Å². The van der Waals surface area contributed by atoms with Crippen LogP contribution in [0.5, 0.6) is 0 Å². The zero-order valence-corrected chi connectivity index (χ0v) is 33.9. The number of likely N-dealkylation sites (tertiary alicyclic amines) is 1. The molecule has 1 aliphatic heterocycles. The second kappa shape index (κ2) is 23.0. The number of nitrogens with one attached hydrogen (secondary N) is 2. The maximum absolute atomic E-state index is 14.0. The van der Waals surface area contributed by atoms with Gasteiger partial charge in [0.05, 0.1) is 61.4 Å². The smallest absolute Gasteiger partial charge is 0.242 e. The van der Waals surface area contributed by atoms with Crippen molar-refractivity contribution in [1.82, 2.24) is 25.3 Å². The van der Waals surface area contributed by atoms with Crippen molar-refractivity contribution in [2.24, 2.45) is 17.8 Å². The summed E-state index contributed by atoms with van der Waals surface area (Å²) < 4.78 is 11.8. The van der Waals surface area contributed by atoms with Crippen molar-refractivity contribution in [1.29, 1.82) is 0 Å².